The maximum Gasteiger partial charge on any atom is 0.417 e. The number of nitrogens with zero attached hydrogens (tertiary/aromatic N) is 1. The van der Waals surface area contributed by atoms with E-state index in [0.29, 0.717) is 19.0 Å². The molecule has 0 aromatic heterocycles. The number of rotatable bonds is 3. The quantitative estimate of drug-likeness (QED) is 0.851. The normalized spacial score (nSPS) is 22.5. The zero-order valence-corrected chi connectivity index (χ0v) is 13.6. The number of primary sulfonamides is 1. The van der Waals surface area contributed by atoms with E-state index in [4.69, 9.17) is 10.2 Å². The van der Waals surface area contributed by atoms with Gasteiger partial charge in [-0.2, -0.15) is 13.2 Å². The monoisotopic (exact) mass is 366 g/mol. The number of aliphatic carboxylic acids is 1. The minimum atomic E-state index is -4.90. The van der Waals surface area contributed by atoms with Gasteiger partial charge in [-0.15, -0.1) is 0 Å². The van der Waals surface area contributed by atoms with Gasteiger partial charge in [-0.3, -0.25) is 4.79 Å². The van der Waals surface area contributed by atoms with Crippen LogP contribution < -0.4 is 10.0 Å². The van der Waals surface area contributed by atoms with Gasteiger partial charge in [0.25, 0.3) is 0 Å². The molecule has 1 saturated heterocycles. The second kappa shape index (κ2) is 6.25. The summed E-state index contributed by atoms with van der Waals surface area (Å²) in [6.07, 6.45) is -4.46. The third-order valence-corrected chi connectivity index (χ3v) is 4.92. The van der Waals surface area contributed by atoms with Gasteiger partial charge in [0.1, 0.15) is 0 Å². The summed E-state index contributed by atoms with van der Waals surface area (Å²) in [5.74, 6) is -1.73. The summed E-state index contributed by atoms with van der Waals surface area (Å²) in [6, 6.07) is 2.73. The van der Waals surface area contributed by atoms with E-state index in [0.717, 1.165) is 6.07 Å². The Morgan fingerprint density at radius 3 is 2.46 bits per heavy atom. The summed E-state index contributed by atoms with van der Waals surface area (Å²) in [5, 5.41) is 14.0. The molecule has 1 aromatic rings. The smallest absolute Gasteiger partial charge is 0.417 e. The van der Waals surface area contributed by atoms with Crippen LogP contribution in [0, 0.1) is 11.8 Å². The number of alkyl halides is 3. The molecular formula is C14H17F3N2O4S. The fourth-order valence-corrected chi connectivity index (χ4v) is 3.66. The molecule has 134 valence electrons. The maximum atomic E-state index is 13.2. The minimum Gasteiger partial charge on any atom is -0.481 e. The molecule has 3 N–H and O–H groups in total. The van der Waals surface area contributed by atoms with Gasteiger partial charge in [0, 0.05) is 18.8 Å². The van der Waals surface area contributed by atoms with Crippen LogP contribution in [0.1, 0.15) is 18.9 Å². The average molecular weight is 366 g/mol. The number of carbonyl (C=O) groups is 1. The van der Waals surface area contributed by atoms with Gasteiger partial charge in [-0.25, -0.2) is 13.6 Å². The standard InChI is InChI=1S/C14H17F3N2O4S/c1-8-4-9(13(20)21)7-19(6-8)10-2-3-12(24(18,22)23)11(5-10)14(15,16)17/h2-3,5,8-9H,4,6-7H2,1H3,(H,20,21)(H2,18,22,23). The summed E-state index contributed by atoms with van der Waals surface area (Å²) in [6.45, 7) is 2.26. The van der Waals surface area contributed by atoms with Crippen LogP contribution in [0.5, 0.6) is 0 Å². The van der Waals surface area contributed by atoms with Crippen molar-refractivity contribution in [2.75, 3.05) is 18.0 Å². The second-order valence-electron chi connectivity index (χ2n) is 6.00. The van der Waals surface area contributed by atoms with E-state index in [1.54, 1.807) is 0 Å². The lowest BCUT2D eigenvalue weighted by atomic mass is 9.90. The molecule has 2 unspecified atom stereocenters. The van der Waals surface area contributed by atoms with Crippen LogP contribution in [0.15, 0.2) is 23.1 Å². The predicted octanol–water partition coefficient (Wildman–Crippen LogP) is 1.90. The molecule has 0 aliphatic carbocycles. The van der Waals surface area contributed by atoms with Crippen molar-refractivity contribution in [1.82, 2.24) is 0 Å². The van der Waals surface area contributed by atoms with Crippen LogP contribution >= 0.6 is 0 Å². The van der Waals surface area contributed by atoms with Gasteiger partial charge >= 0.3 is 12.1 Å². The molecular weight excluding hydrogens is 349 g/mol. The number of hydrogen-bond acceptors (Lipinski definition) is 4. The van der Waals surface area contributed by atoms with E-state index in [-0.39, 0.29) is 18.2 Å². The summed E-state index contributed by atoms with van der Waals surface area (Å²) >= 11 is 0. The number of carboxylic acid groups (broad SMARTS) is 1. The number of carboxylic acids is 1. The lowest BCUT2D eigenvalue weighted by molar-refractivity contribution is -0.142. The first kappa shape index (κ1) is 18.5. The average Bonchev–Trinajstić information content (AvgIpc) is 2.44. The highest BCUT2D eigenvalue weighted by Crippen LogP contribution is 2.37. The number of halogens is 3. The highest BCUT2D eigenvalue weighted by molar-refractivity contribution is 7.89. The first-order valence-corrected chi connectivity index (χ1v) is 8.66. The van der Waals surface area contributed by atoms with Crippen molar-refractivity contribution in [3.63, 3.8) is 0 Å². The zero-order chi connectivity index (χ0) is 18.3. The fourth-order valence-electron chi connectivity index (χ4n) is 2.93. The summed E-state index contributed by atoms with van der Waals surface area (Å²) in [7, 11) is -4.53. The van der Waals surface area contributed by atoms with E-state index in [1.807, 2.05) is 6.92 Å². The summed E-state index contributed by atoms with van der Waals surface area (Å²) in [5.41, 5.74) is -1.24. The fraction of sp³-hybridized carbons (Fsp3) is 0.500. The molecule has 6 nitrogen and oxygen atoms in total. The van der Waals surface area contributed by atoms with Crippen molar-refractivity contribution in [2.45, 2.75) is 24.4 Å². The minimum absolute atomic E-state index is 0.0212. The van der Waals surface area contributed by atoms with Gasteiger partial charge in [0.15, 0.2) is 0 Å². The van der Waals surface area contributed by atoms with Crippen molar-refractivity contribution in [3.05, 3.63) is 23.8 Å². The maximum absolute atomic E-state index is 13.2. The zero-order valence-electron chi connectivity index (χ0n) is 12.7. The Hall–Kier alpha value is -1.81. The van der Waals surface area contributed by atoms with E-state index in [2.05, 4.69) is 0 Å². The highest BCUT2D eigenvalue weighted by atomic mass is 32.2. The molecule has 0 bridgehead atoms. The van der Waals surface area contributed by atoms with Gasteiger partial charge in [0.05, 0.1) is 16.4 Å². The van der Waals surface area contributed by atoms with Crippen molar-refractivity contribution >= 4 is 21.7 Å². The van der Waals surface area contributed by atoms with Gasteiger partial charge in [0.2, 0.25) is 10.0 Å². The molecule has 24 heavy (non-hydrogen) atoms. The van der Waals surface area contributed by atoms with E-state index in [9.17, 15) is 26.4 Å². The molecule has 0 amide bonds. The van der Waals surface area contributed by atoms with Crippen molar-refractivity contribution in [3.8, 4) is 0 Å². The molecule has 1 fully saturated rings. The Bertz CT molecular complexity index is 749. The molecule has 0 spiro atoms. The van der Waals surface area contributed by atoms with E-state index >= 15 is 0 Å². The SMILES string of the molecule is CC1CC(C(=O)O)CN(c2ccc(S(N)(=O)=O)c(C(F)(F)F)c2)C1. The van der Waals surface area contributed by atoms with Crippen LogP contribution in [-0.4, -0.2) is 32.6 Å². The molecule has 0 saturated carbocycles. The summed E-state index contributed by atoms with van der Waals surface area (Å²) < 4.78 is 62.3. The Balaban J connectivity index is 2.47. The lowest BCUT2D eigenvalue weighted by Crippen LogP contribution is -2.42. The second-order valence-corrected chi connectivity index (χ2v) is 7.53. The first-order chi connectivity index (χ1) is 10.9. The van der Waals surface area contributed by atoms with Gasteiger partial charge in [-0.05, 0) is 30.5 Å². The van der Waals surface area contributed by atoms with Gasteiger partial charge in [-0.1, -0.05) is 6.92 Å². The van der Waals surface area contributed by atoms with E-state index in [1.165, 1.54) is 11.0 Å². The van der Waals surface area contributed by atoms with Gasteiger partial charge < -0.3 is 10.0 Å². The lowest BCUT2D eigenvalue weighted by Gasteiger charge is -2.36. The number of sulfonamides is 1. The van der Waals surface area contributed by atoms with Crippen molar-refractivity contribution in [2.24, 2.45) is 17.0 Å². The molecule has 2 rings (SSSR count). The predicted molar refractivity (Wildman–Crippen MR) is 79.9 cm³/mol. The summed E-state index contributed by atoms with van der Waals surface area (Å²) in [4.78, 5) is 11.7. The number of benzene rings is 1. The van der Waals surface area contributed by atoms with Crippen molar-refractivity contribution < 1.29 is 31.5 Å². The first-order valence-electron chi connectivity index (χ1n) is 7.11. The van der Waals surface area contributed by atoms with Crippen LogP contribution in [0.4, 0.5) is 18.9 Å². The molecule has 1 aromatic carbocycles. The molecule has 2 atom stereocenters. The Kier molecular flexibility index (Phi) is 4.82. The Morgan fingerprint density at radius 1 is 1.33 bits per heavy atom. The number of piperidine rings is 1. The third-order valence-electron chi connectivity index (χ3n) is 3.95. The number of anilines is 1. The Morgan fingerprint density at radius 2 is 1.96 bits per heavy atom. The topological polar surface area (TPSA) is 101 Å². The number of nitrogens with two attached hydrogens (primary N) is 1. The van der Waals surface area contributed by atoms with Crippen molar-refractivity contribution in [1.29, 1.82) is 0 Å². The van der Waals surface area contributed by atoms with Crippen LogP contribution in [0.25, 0.3) is 0 Å². The molecule has 1 heterocycles. The van der Waals surface area contributed by atoms with Crippen LogP contribution in [0.3, 0.4) is 0 Å². The number of hydrogen-bond donors (Lipinski definition) is 2. The largest absolute Gasteiger partial charge is 0.481 e. The molecule has 0 radical (unpaired) electrons. The van der Waals surface area contributed by atoms with Crippen LogP contribution in [-0.2, 0) is 21.0 Å². The molecule has 1 aliphatic rings. The highest BCUT2D eigenvalue weighted by Gasteiger charge is 2.38. The van der Waals surface area contributed by atoms with Crippen LogP contribution in [0.2, 0.25) is 0 Å². The van der Waals surface area contributed by atoms with E-state index < -0.39 is 38.5 Å². The third kappa shape index (κ3) is 3.99. The Labute approximate surface area is 137 Å². The molecule has 1 aliphatic heterocycles. The molecule has 10 heteroatoms.